The van der Waals surface area contributed by atoms with Gasteiger partial charge in [-0.3, -0.25) is 4.79 Å². The second-order valence-corrected chi connectivity index (χ2v) is 8.17. The Bertz CT molecular complexity index is 1150. The fraction of sp³-hybridized carbons (Fsp3) is 0.273. The van der Waals surface area contributed by atoms with Crippen molar-refractivity contribution in [3.63, 3.8) is 0 Å². The Kier molecular flexibility index (Phi) is 5.76. The minimum atomic E-state index is -0.206. The number of anilines is 1. The molecule has 0 saturated heterocycles. The van der Waals surface area contributed by atoms with E-state index in [1.165, 1.54) is 16.9 Å². The van der Waals surface area contributed by atoms with E-state index < -0.39 is 0 Å². The van der Waals surface area contributed by atoms with Gasteiger partial charge in [0.15, 0.2) is 12.4 Å². The molecule has 154 valence electrons. The third-order valence-electron chi connectivity index (χ3n) is 4.70. The van der Waals surface area contributed by atoms with Gasteiger partial charge in [0.1, 0.15) is 10.8 Å². The number of aromatic nitrogens is 4. The van der Waals surface area contributed by atoms with Crippen molar-refractivity contribution >= 4 is 27.9 Å². The molecule has 0 atom stereocenters. The second kappa shape index (κ2) is 8.62. The molecule has 4 rings (SSSR count). The zero-order chi connectivity index (χ0) is 21.1. The highest BCUT2D eigenvalue weighted by molar-refractivity contribution is 7.19. The van der Waals surface area contributed by atoms with Crippen LogP contribution in [0.3, 0.4) is 0 Å². The Morgan fingerprint density at radius 3 is 2.50 bits per heavy atom. The van der Waals surface area contributed by atoms with Gasteiger partial charge in [0.25, 0.3) is 5.91 Å². The normalized spacial score (nSPS) is 11.2. The van der Waals surface area contributed by atoms with Crippen molar-refractivity contribution in [2.45, 2.75) is 33.1 Å². The molecule has 0 unspecified atom stereocenters. The number of rotatable bonds is 7. The van der Waals surface area contributed by atoms with Crippen LogP contribution in [0.4, 0.5) is 5.69 Å². The van der Waals surface area contributed by atoms with Gasteiger partial charge in [-0.1, -0.05) is 44.2 Å². The quantitative estimate of drug-likeness (QED) is 0.473. The summed E-state index contributed by atoms with van der Waals surface area (Å²) in [6.45, 7) is 6.26. The summed E-state index contributed by atoms with van der Waals surface area (Å²) in [5.41, 5.74) is 2.91. The molecule has 0 aliphatic carbocycles. The molecule has 1 amide bonds. The van der Waals surface area contributed by atoms with Gasteiger partial charge in [-0.2, -0.15) is 9.61 Å². The van der Waals surface area contributed by atoms with E-state index in [1.54, 1.807) is 4.52 Å². The monoisotopic (exact) mass is 421 g/mol. The van der Waals surface area contributed by atoms with Crippen LogP contribution in [0.2, 0.25) is 0 Å². The van der Waals surface area contributed by atoms with Crippen LogP contribution in [-0.2, 0) is 11.2 Å². The van der Waals surface area contributed by atoms with Gasteiger partial charge in [0, 0.05) is 17.7 Å². The zero-order valence-corrected chi connectivity index (χ0v) is 17.9. The number of carbonyl (C=O) groups is 1. The number of benzene rings is 2. The molecule has 0 saturated carbocycles. The SMILES string of the molecule is CCc1nnc2sc(-c3ccc(NC(=O)COc4ccc(C(C)C)cc4)cc3)nn12. The van der Waals surface area contributed by atoms with E-state index in [9.17, 15) is 4.79 Å². The van der Waals surface area contributed by atoms with E-state index in [1.807, 2.05) is 55.5 Å². The Morgan fingerprint density at radius 1 is 1.10 bits per heavy atom. The highest BCUT2D eigenvalue weighted by Gasteiger charge is 2.12. The Morgan fingerprint density at radius 2 is 1.83 bits per heavy atom. The fourth-order valence-electron chi connectivity index (χ4n) is 2.99. The first-order valence-corrected chi connectivity index (χ1v) is 10.7. The van der Waals surface area contributed by atoms with E-state index in [0.29, 0.717) is 17.4 Å². The molecule has 0 spiro atoms. The van der Waals surface area contributed by atoms with Gasteiger partial charge in [-0.05, 0) is 47.9 Å². The van der Waals surface area contributed by atoms with Crippen LogP contribution in [0, 0.1) is 0 Å². The summed E-state index contributed by atoms with van der Waals surface area (Å²) in [6, 6.07) is 15.4. The van der Waals surface area contributed by atoms with Crippen molar-refractivity contribution in [2.24, 2.45) is 0 Å². The number of nitrogens with zero attached hydrogens (tertiary/aromatic N) is 4. The summed E-state index contributed by atoms with van der Waals surface area (Å²) in [7, 11) is 0. The van der Waals surface area contributed by atoms with Gasteiger partial charge in [-0.15, -0.1) is 10.2 Å². The molecule has 2 aromatic heterocycles. The summed E-state index contributed by atoms with van der Waals surface area (Å²) in [5.74, 6) is 1.78. The van der Waals surface area contributed by atoms with Gasteiger partial charge in [-0.25, -0.2) is 0 Å². The van der Waals surface area contributed by atoms with Crippen molar-refractivity contribution in [2.75, 3.05) is 11.9 Å². The molecule has 0 fully saturated rings. The number of hydrogen-bond acceptors (Lipinski definition) is 6. The number of fused-ring (bicyclic) bond motifs is 1. The highest BCUT2D eigenvalue weighted by Crippen LogP contribution is 2.26. The topological polar surface area (TPSA) is 81.4 Å². The van der Waals surface area contributed by atoms with Crippen molar-refractivity contribution in [3.8, 4) is 16.3 Å². The van der Waals surface area contributed by atoms with Crippen LogP contribution in [0.25, 0.3) is 15.5 Å². The molecule has 8 heteroatoms. The van der Waals surface area contributed by atoms with Gasteiger partial charge in [0.2, 0.25) is 4.96 Å². The smallest absolute Gasteiger partial charge is 0.262 e. The number of amides is 1. The summed E-state index contributed by atoms with van der Waals surface area (Å²) in [6.07, 6.45) is 0.777. The number of hydrogen-bond donors (Lipinski definition) is 1. The Balaban J connectivity index is 1.35. The van der Waals surface area contributed by atoms with Gasteiger partial charge in [0.05, 0.1) is 0 Å². The van der Waals surface area contributed by atoms with Crippen LogP contribution in [-0.4, -0.2) is 32.3 Å². The first kappa shape index (κ1) is 20.0. The maximum absolute atomic E-state index is 12.2. The molecule has 2 heterocycles. The van der Waals surface area contributed by atoms with E-state index in [-0.39, 0.29) is 12.5 Å². The van der Waals surface area contributed by atoms with Crippen molar-refractivity contribution in [3.05, 3.63) is 59.9 Å². The number of aryl methyl sites for hydroxylation is 1. The van der Waals surface area contributed by atoms with Gasteiger partial charge < -0.3 is 10.1 Å². The zero-order valence-electron chi connectivity index (χ0n) is 17.1. The summed E-state index contributed by atoms with van der Waals surface area (Å²) in [4.78, 5) is 13.0. The van der Waals surface area contributed by atoms with Crippen molar-refractivity contribution < 1.29 is 9.53 Å². The van der Waals surface area contributed by atoms with Crippen LogP contribution >= 0.6 is 11.3 Å². The summed E-state index contributed by atoms with van der Waals surface area (Å²) < 4.78 is 7.36. The minimum absolute atomic E-state index is 0.0424. The Labute approximate surface area is 178 Å². The van der Waals surface area contributed by atoms with Crippen LogP contribution in [0.5, 0.6) is 5.75 Å². The van der Waals surface area contributed by atoms with E-state index in [2.05, 4.69) is 34.5 Å². The molecule has 0 radical (unpaired) electrons. The third kappa shape index (κ3) is 4.33. The van der Waals surface area contributed by atoms with Crippen molar-refractivity contribution in [1.82, 2.24) is 19.8 Å². The van der Waals surface area contributed by atoms with Crippen LogP contribution in [0.15, 0.2) is 48.5 Å². The van der Waals surface area contributed by atoms with Crippen LogP contribution in [0.1, 0.15) is 38.1 Å². The number of nitrogens with one attached hydrogen (secondary N) is 1. The minimum Gasteiger partial charge on any atom is -0.484 e. The standard InChI is InChI=1S/C22H23N5O2S/c1-4-19-24-25-22-27(19)26-21(30-22)16-5-9-17(10-6-16)23-20(28)13-29-18-11-7-15(8-12-18)14(2)3/h5-12,14H,4,13H2,1-3H3,(H,23,28). The maximum atomic E-state index is 12.2. The van der Waals surface area contributed by atoms with E-state index >= 15 is 0 Å². The lowest BCUT2D eigenvalue weighted by Crippen LogP contribution is -2.20. The molecule has 0 aliphatic heterocycles. The number of ether oxygens (including phenoxy) is 1. The average molecular weight is 422 g/mol. The average Bonchev–Trinajstić information content (AvgIpc) is 3.34. The summed E-state index contributed by atoms with van der Waals surface area (Å²) in [5, 5.41) is 16.6. The molecule has 0 bridgehead atoms. The lowest BCUT2D eigenvalue weighted by Gasteiger charge is -2.09. The molecule has 30 heavy (non-hydrogen) atoms. The first-order chi connectivity index (χ1) is 14.5. The highest BCUT2D eigenvalue weighted by atomic mass is 32.1. The van der Waals surface area contributed by atoms with E-state index in [4.69, 9.17) is 4.74 Å². The number of carbonyl (C=O) groups excluding carboxylic acids is 1. The summed E-state index contributed by atoms with van der Waals surface area (Å²) >= 11 is 1.49. The molecule has 4 aromatic rings. The van der Waals surface area contributed by atoms with Crippen LogP contribution < -0.4 is 10.1 Å². The fourth-order valence-corrected chi connectivity index (χ4v) is 3.85. The molecule has 2 aromatic carbocycles. The molecule has 1 N–H and O–H groups in total. The third-order valence-corrected chi connectivity index (χ3v) is 5.65. The van der Waals surface area contributed by atoms with Gasteiger partial charge >= 0.3 is 0 Å². The second-order valence-electron chi connectivity index (χ2n) is 7.21. The maximum Gasteiger partial charge on any atom is 0.262 e. The van der Waals surface area contributed by atoms with E-state index in [0.717, 1.165) is 27.8 Å². The lowest BCUT2D eigenvalue weighted by atomic mass is 10.0. The predicted molar refractivity (Wildman–Crippen MR) is 118 cm³/mol. The largest absolute Gasteiger partial charge is 0.484 e. The first-order valence-electron chi connectivity index (χ1n) is 9.87. The molecule has 0 aliphatic rings. The molecular formula is C22H23N5O2S. The predicted octanol–water partition coefficient (Wildman–Crippen LogP) is 4.56. The molecular weight excluding hydrogens is 398 g/mol. The molecule has 7 nitrogen and oxygen atoms in total. The van der Waals surface area contributed by atoms with Crippen molar-refractivity contribution in [1.29, 1.82) is 0 Å². The lowest BCUT2D eigenvalue weighted by molar-refractivity contribution is -0.118. The Hall–Kier alpha value is -3.26.